The average Bonchev–Trinajstić information content (AvgIpc) is 2.38. The molecule has 1 heterocycles. The van der Waals surface area contributed by atoms with Gasteiger partial charge in [0.25, 0.3) is 0 Å². The van der Waals surface area contributed by atoms with Gasteiger partial charge in [0.2, 0.25) is 0 Å². The van der Waals surface area contributed by atoms with Crippen molar-refractivity contribution in [2.24, 2.45) is 0 Å². The van der Waals surface area contributed by atoms with Crippen molar-refractivity contribution >= 4 is 12.0 Å². The molecule has 1 fully saturated rings. The summed E-state index contributed by atoms with van der Waals surface area (Å²) in [5.74, 6) is -0.827. The highest BCUT2D eigenvalue weighted by atomic mass is 16.4. The van der Waals surface area contributed by atoms with E-state index in [1.54, 1.807) is 0 Å². The zero-order chi connectivity index (χ0) is 14.3. The molecule has 1 atom stereocenters. The number of amides is 2. The van der Waals surface area contributed by atoms with Crippen LogP contribution in [0.25, 0.3) is 0 Å². The first-order valence-corrected chi connectivity index (χ1v) is 7.04. The molecule has 1 aliphatic heterocycles. The molecule has 0 aliphatic carbocycles. The summed E-state index contributed by atoms with van der Waals surface area (Å²) in [6, 6.07) is 0.101. The Morgan fingerprint density at radius 1 is 1.42 bits per heavy atom. The van der Waals surface area contributed by atoms with Crippen LogP contribution in [0, 0.1) is 0 Å². The molecule has 1 unspecified atom stereocenters. The number of nitrogens with zero attached hydrogens (tertiary/aromatic N) is 1. The van der Waals surface area contributed by atoms with E-state index in [0.717, 1.165) is 25.9 Å². The molecule has 0 spiro atoms. The quantitative estimate of drug-likeness (QED) is 0.674. The number of rotatable bonds is 6. The molecule has 0 aromatic rings. The predicted octanol–water partition coefficient (Wildman–Crippen LogP) is 1.02. The Balaban J connectivity index is 2.41. The Morgan fingerprint density at radius 3 is 2.58 bits per heavy atom. The van der Waals surface area contributed by atoms with Crippen LogP contribution in [0.2, 0.25) is 0 Å². The van der Waals surface area contributed by atoms with Gasteiger partial charge in [-0.1, -0.05) is 0 Å². The van der Waals surface area contributed by atoms with Crippen LogP contribution in [0.1, 0.15) is 39.5 Å². The lowest BCUT2D eigenvalue weighted by molar-refractivity contribution is -0.137. The second kappa shape index (κ2) is 7.99. The molecule has 0 radical (unpaired) electrons. The summed E-state index contributed by atoms with van der Waals surface area (Å²) in [7, 11) is 0. The molecule has 6 nitrogen and oxygen atoms in total. The minimum Gasteiger partial charge on any atom is -0.481 e. The van der Waals surface area contributed by atoms with Crippen LogP contribution >= 0.6 is 0 Å². The molecule has 110 valence electrons. The molecule has 0 aromatic carbocycles. The van der Waals surface area contributed by atoms with E-state index in [2.05, 4.69) is 10.6 Å². The number of hydrogen-bond acceptors (Lipinski definition) is 3. The van der Waals surface area contributed by atoms with E-state index >= 15 is 0 Å². The molecule has 0 aromatic heterocycles. The lowest BCUT2D eigenvalue weighted by atomic mass is 10.1. The van der Waals surface area contributed by atoms with Crippen molar-refractivity contribution in [2.75, 3.05) is 19.6 Å². The molecule has 1 saturated heterocycles. The van der Waals surface area contributed by atoms with Crippen molar-refractivity contribution in [1.29, 1.82) is 0 Å². The van der Waals surface area contributed by atoms with Crippen LogP contribution in [0.3, 0.4) is 0 Å². The van der Waals surface area contributed by atoms with Gasteiger partial charge in [0, 0.05) is 25.0 Å². The lowest BCUT2D eigenvalue weighted by Gasteiger charge is -2.34. The Kier molecular flexibility index (Phi) is 6.62. The summed E-state index contributed by atoms with van der Waals surface area (Å²) in [6.45, 7) is 6.40. The number of carboxylic acid groups (broad SMARTS) is 1. The number of urea groups is 1. The summed E-state index contributed by atoms with van der Waals surface area (Å²) in [4.78, 5) is 24.5. The van der Waals surface area contributed by atoms with Gasteiger partial charge in [-0.3, -0.25) is 4.79 Å². The zero-order valence-corrected chi connectivity index (χ0v) is 11.8. The van der Waals surface area contributed by atoms with Crippen molar-refractivity contribution in [2.45, 2.75) is 51.6 Å². The summed E-state index contributed by atoms with van der Waals surface area (Å²) in [5.41, 5.74) is 0. The molecular formula is C13H25N3O3. The molecule has 3 N–H and O–H groups in total. The first-order valence-electron chi connectivity index (χ1n) is 7.04. The van der Waals surface area contributed by atoms with Gasteiger partial charge in [-0.15, -0.1) is 0 Å². The fraction of sp³-hybridized carbons (Fsp3) is 0.846. The van der Waals surface area contributed by atoms with Crippen LogP contribution in [0.5, 0.6) is 0 Å². The van der Waals surface area contributed by atoms with Crippen molar-refractivity contribution < 1.29 is 14.7 Å². The van der Waals surface area contributed by atoms with Crippen LogP contribution in [0.15, 0.2) is 0 Å². The fourth-order valence-corrected chi connectivity index (χ4v) is 2.39. The second-order valence-electron chi connectivity index (χ2n) is 5.05. The standard InChI is InChI=1S/C13H25N3O3/c1-3-16(11-6-8-14-9-7-11)13(19)15-10(2)4-5-12(17)18/h10-11,14H,3-9H2,1-2H3,(H,15,19)(H,17,18). The third-order valence-electron chi connectivity index (χ3n) is 3.51. The average molecular weight is 271 g/mol. The van der Waals surface area contributed by atoms with E-state index in [0.29, 0.717) is 13.0 Å². The van der Waals surface area contributed by atoms with Crippen LogP contribution in [-0.4, -0.2) is 53.7 Å². The van der Waals surface area contributed by atoms with Gasteiger partial charge in [-0.25, -0.2) is 4.79 Å². The van der Waals surface area contributed by atoms with Crippen molar-refractivity contribution in [3.05, 3.63) is 0 Å². The monoisotopic (exact) mass is 271 g/mol. The largest absolute Gasteiger partial charge is 0.481 e. The van der Waals surface area contributed by atoms with Gasteiger partial charge < -0.3 is 20.6 Å². The third-order valence-corrected chi connectivity index (χ3v) is 3.51. The first kappa shape index (κ1) is 15.8. The highest BCUT2D eigenvalue weighted by Gasteiger charge is 2.24. The van der Waals surface area contributed by atoms with Gasteiger partial charge >= 0.3 is 12.0 Å². The maximum Gasteiger partial charge on any atom is 0.317 e. The smallest absolute Gasteiger partial charge is 0.317 e. The Hall–Kier alpha value is -1.30. The number of nitrogens with one attached hydrogen (secondary N) is 2. The van der Waals surface area contributed by atoms with E-state index in [1.165, 1.54) is 0 Å². The normalized spacial score (nSPS) is 17.8. The molecule has 6 heteroatoms. The summed E-state index contributed by atoms with van der Waals surface area (Å²) < 4.78 is 0. The molecule has 0 saturated carbocycles. The maximum absolute atomic E-state index is 12.2. The first-order chi connectivity index (χ1) is 9.04. The molecule has 1 rings (SSSR count). The van der Waals surface area contributed by atoms with Crippen molar-refractivity contribution in [3.8, 4) is 0 Å². The van der Waals surface area contributed by atoms with E-state index in [-0.39, 0.29) is 24.5 Å². The number of piperidine rings is 1. The van der Waals surface area contributed by atoms with Crippen LogP contribution in [-0.2, 0) is 4.79 Å². The summed E-state index contributed by atoms with van der Waals surface area (Å²) >= 11 is 0. The Bertz CT molecular complexity index is 304. The number of carboxylic acids is 1. The van der Waals surface area contributed by atoms with Gasteiger partial charge in [-0.05, 0) is 46.2 Å². The summed E-state index contributed by atoms with van der Waals surface area (Å²) in [6.07, 6.45) is 2.50. The topological polar surface area (TPSA) is 81.7 Å². The van der Waals surface area contributed by atoms with Gasteiger partial charge in [0.15, 0.2) is 0 Å². The zero-order valence-electron chi connectivity index (χ0n) is 11.8. The van der Waals surface area contributed by atoms with Crippen LogP contribution in [0.4, 0.5) is 4.79 Å². The SMILES string of the molecule is CCN(C(=O)NC(C)CCC(=O)O)C1CCNCC1. The second-order valence-corrected chi connectivity index (χ2v) is 5.05. The fourth-order valence-electron chi connectivity index (χ4n) is 2.39. The minimum absolute atomic E-state index is 0.0766. The van der Waals surface area contributed by atoms with Crippen molar-refractivity contribution in [1.82, 2.24) is 15.5 Å². The maximum atomic E-state index is 12.2. The number of carbonyl (C=O) groups is 2. The van der Waals surface area contributed by atoms with E-state index in [1.807, 2.05) is 18.7 Å². The summed E-state index contributed by atoms with van der Waals surface area (Å²) in [5, 5.41) is 14.8. The number of aliphatic carboxylic acids is 1. The molecular weight excluding hydrogens is 246 g/mol. The van der Waals surface area contributed by atoms with Crippen LogP contribution < -0.4 is 10.6 Å². The van der Waals surface area contributed by atoms with E-state index in [9.17, 15) is 9.59 Å². The highest BCUT2D eigenvalue weighted by Crippen LogP contribution is 2.12. The molecule has 2 amide bonds. The molecule has 19 heavy (non-hydrogen) atoms. The van der Waals surface area contributed by atoms with Gasteiger partial charge in [0.05, 0.1) is 0 Å². The number of hydrogen-bond donors (Lipinski definition) is 3. The highest BCUT2D eigenvalue weighted by molar-refractivity contribution is 5.75. The minimum atomic E-state index is -0.827. The number of carbonyl (C=O) groups excluding carboxylic acids is 1. The lowest BCUT2D eigenvalue weighted by Crippen LogP contribution is -2.51. The third kappa shape index (κ3) is 5.46. The molecule has 0 bridgehead atoms. The van der Waals surface area contributed by atoms with E-state index < -0.39 is 5.97 Å². The predicted molar refractivity (Wildman–Crippen MR) is 73.1 cm³/mol. The van der Waals surface area contributed by atoms with Crippen molar-refractivity contribution in [3.63, 3.8) is 0 Å². The Labute approximate surface area is 114 Å². The van der Waals surface area contributed by atoms with Gasteiger partial charge in [0.1, 0.15) is 0 Å². The molecule has 1 aliphatic rings. The Morgan fingerprint density at radius 2 is 2.05 bits per heavy atom. The van der Waals surface area contributed by atoms with Gasteiger partial charge in [-0.2, -0.15) is 0 Å². The van der Waals surface area contributed by atoms with E-state index in [4.69, 9.17) is 5.11 Å².